The zero-order valence-electron chi connectivity index (χ0n) is 64.2. The molecule has 0 spiro atoms. The molecule has 0 aliphatic rings. The molecule has 578 valence electrons. The summed E-state index contributed by atoms with van der Waals surface area (Å²) in [5.74, 6) is 0. The van der Waals surface area contributed by atoms with E-state index in [1.807, 2.05) is 292 Å². The van der Waals surface area contributed by atoms with Gasteiger partial charge in [0.2, 0.25) is 0 Å². The maximum Gasteiger partial charge on any atom is 0.0242 e. The van der Waals surface area contributed by atoms with Gasteiger partial charge in [-0.25, -0.2) is 0 Å². The van der Waals surface area contributed by atoms with E-state index in [4.69, 9.17) is 0 Å². The first-order valence-corrected chi connectivity index (χ1v) is 36.9. The van der Waals surface area contributed by atoms with Crippen molar-refractivity contribution in [1.29, 1.82) is 0 Å². The molecule has 0 saturated carbocycles. The number of rotatable bonds is 11. The monoisotopic (exact) mass is 2210 g/mol. The maximum absolute atomic E-state index is 4.58. The van der Waals surface area contributed by atoms with E-state index in [1.54, 1.807) is 18.6 Å². The molecule has 7 heterocycles. The minimum absolute atomic E-state index is 0. The Morgan fingerprint density at radius 3 is 0.862 bits per heavy atom. The second-order valence-corrected chi connectivity index (χ2v) is 25.7. The molecule has 0 amide bonds. The number of aryl methyl sites for hydroxylation is 4. The van der Waals surface area contributed by atoms with Crippen molar-refractivity contribution in [2.24, 2.45) is 0 Å². The zero-order valence-corrected chi connectivity index (χ0v) is 73.8. The van der Waals surface area contributed by atoms with Gasteiger partial charge < -0.3 is 34.9 Å². The predicted molar refractivity (Wildman–Crippen MR) is 460 cm³/mol. The van der Waals surface area contributed by atoms with Crippen LogP contribution in [0.2, 0.25) is 0 Å². The van der Waals surface area contributed by atoms with Crippen molar-refractivity contribution in [1.82, 2.24) is 34.9 Å². The number of hydrogen-bond donors (Lipinski definition) is 0. The van der Waals surface area contributed by atoms with Crippen molar-refractivity contribution in [2.75, 3.05) is 0 Å². The van der Waals surface area contributed by atoms with Crippen LogP contribution < -0.4 is 0 Å². The molecule has 11 heteroatoms. The smallest absolute Gasteiger partial charge is 0.0242 e. The summed E-state index contributed by atoms with van der Waals surface area (Å²) >= 11 is 0. The molecule has 0 bridgehead atoms. The van der Waals surface area contributed by atoms with Crippen LogP contribution in [0.25, 0.3) is 123 Å². The van der Waals surface area contributed by atoms with Crippen LogP contribution >= 0.6 is 0 Å². The minimum atomic E-state index is 0. The van der Waals surface area contributed by atoms with Gasteiger partial charge in [-0.1, -0.05) is 201 Å². The van der Waals surface area contributed by atoms with Crippen molar-refractivity contribution in [3.63, 3.8) is 0 Å². The van der Waals surface area contributed by atoms with Crippen molar-refractivity contribution in [2.45, 2.75) is 27.7 Å². The van der Waals surface area contributed by atoms with E-state index in [1.165, 1.54) is 55.6 Å². The topological polar surface area (TPSA) is 90.2 Å². The number of hydrogen-bond acceptors (Lipinski definition) is 7. The van der Waals surface area contributed by atoms with Gasteiger partial charge in [-0.3, -0.25) is 0 Å². The first kappa shape index (κ1) is 89.6. The van der Waals surface area contributed by atoms with Crippen LogP contribution in [-0.2, 0) is 80.4 Å². The summed E-state index contributed by atoms with van der Waals surface area (Å²) in [4.78, 5) is 30.6. The molecule has 18 aromatic rings. The molecular weight excluding hydrogens is 2130 g/mol. The Kier molecular flexibility index (Phi) is 37.8. The first-order valence-electron chi connectivity index (χ1n) is 36.9. The molecule has 0 atom stereocenters. The van der Waals surface area contributed by atoms with E-state index >= 15 is 0 Å². The average molecular weight is 2210 g/mol. The number of benzene rings is 11. The third-order valence-electron chi connectivity index (χ3n) is 17.4. The number of pyridine rings is 7. The first-order chi connectivity index (χ1) is 55.2. The molecule has 18 rings (SSSR count). The summed E-state index contributed by atoms with van der Waals surface area (Å²) in [7, 11) is 0. The van der Waals surface area contributed by atoms with E-state index in [0.717, 1.165) is 89.9 Å². The molecule has 0 aliphatic carbocycles. The number of nitrogens with zero attached hydrogens (tertiary/aromatic N) is 7. The van der Waals surface area contributed by atoms with Crippen molar-refractivity contribution >= 4 is 0 Å². The van der Waals surface area contributed by atoms with Crippen LogP contribution in [0.1, 0.15) is 22.3 Å². The fourth-order valence-corrected chi connectivity index (χ4v) is 11.8. The number of aromatic nitrogens is 7. The Balaban J connectivity index is 0.000000170. The minimum Gasteiger partial charge on any atom is -0.305 e. The van der Waals surface area contributed by atoms with Gasteiger partial charge >= 0.3 is 0 Å². The molecule has 4 radical (unpaired) electrons. The molecule has 0 N–H and O–H groups in total. The molecule has 7 aromatic heterocycles. The molecule has 0 saturated heterocycles. The molecule has 7 nitrogen and oxygen atoms in total. The molecule has 0 aliphatic heterocycles. The summed E-state index contributed by atoms with van der Waals surface area (Å²) in [6.07, 6.45) is 12.9. The predicted octanol–water partition coefficient (Wildman–Crippen LogP) is 25.7. The van der Waals surface area contributed by atoms with Crippen molar-refractivity contribution < 1.29 is 80.4 Å². The van der Waals surface area contributed by atoms with Gasteiger partial charge in [-0.15, -0.1) is 250 Å². The van der Waals surface area contributed by atoms with Crippen LogP contribution in [0.4, 0.5) is 0 Å². The van der Waals surface area contributed by atoms with Gasteiger partial charge in [0.05, 0.1) is 0 Å². The average Bonchev–Trinajstić information content (AvgIpc) is 0.871. The zero-order chi connectivity index (χ0) is 77.0. The molecule has 11 aromatic carbocycles. The summed E-state index contributed by atoms with van der Waals surface area (Å²) < 4.78 is 0. The normalized spacial score (nSPS) is 9.79. The van der Waals surface area contributed by atoms with Gasteiger partial charge in [0, 0.05) is 129 Å². The quantitative estimate of drug-likeness (QED) is 0.119. The largest absolute Gasteiger partial charge is 0.305 e. The van der Waals surface area contributed by atoms with E-state index in [-0.39, 0.29) is 80.4 Å². The van der Waals surface area contributed by atoms with Gasteiger partial charge in [0.25, 0.3) is 0 Å². The second kappa shape index (κ2) is 49.0. The van der Waals surface area contributed by atoms with Crippen LogP contribution in [0.5, 0.6) is 0 Å². The van der Waals surface area contributed by atoms with Gasteiger partial charge in [0.1, 0.15) is 0 Å². The maximum atomic E-state index is 4.58. The Morgan fingerprint density at radius 2 is 0.517 bits per heavy atom. The summed E-state index contributed by atoms with van der Waals surface area (Å²) in [5, 5.41) is 0. The Hall–Kier alpha value is -11.9. The standard InChI is InChI=1S/C19H16N.2C18H14N.C17H12N.3C11H8N.4Ir/c1-14-10-15(2)12-18(11-14)19-9-8-17(13-20-19)16-6-4-3-5-7-16;1-14-12-18(16-10-6-3-7-11-16)19-13-17(14)15-8-4-2-5-9-15;1-14-7-9-15(10-8-14)17-11-12-19-18(13-17)16-5-3-2-4-6-16;1-3-7-14(8-4-1)16-11-12-18-17(13-16)15-9-5-2-6-10-15;3*1-2-6-10(7-3-1)11-8-4-5-9-12-11;;;;/h3-11,13H,1-2H3;2-10,12-13H,1H3;2-5,7-13H,1H3;1-9,11-13H;3*1-6,8-9H;;;;/q7*-1;;;;. The third kappa shape index (κ3) is 28.0. The van der Waals surface area contributed by atoms with Gasteiger partial charge in [-0.05, 0) is 129 Å². The fraction of sp³-hybridized carbons (Fsp3) is 0.0381. The van der Waals surface area contributed by atoms with E-state index in [0.29, 0.717) is 0 Å². The molecule has 116 heavy (non-hydrogen) atoms. The van der Waals surface area contributed by atoms with E-state index in [2.05, 4.69) is 208 Å². The van der Waals surface area contributed by atoms with Crippen LogP contribution in [0.15, 0.2) is 413 Å². The molecule has 0 unspecified atom stereocenters. The Morgan fingerprint density at radius 1 is 0.198 bits per heavy atom. The van der Waals surface area contributed by atoms with Crippen LogP contribution in [0, 0.1) is 70.2 Å². The van der Waals surface area contributed by atoms with Crippen LogP contribution in [-0.4, -0.2) is 34.9 Å². The third-order valence-corrected chi connectivity index (χ3v) is 17.4. The van der Waals surface area contributed by atoms with Gasteiger partial charge in [-0.2, -0.15) is 0 Å². The SMILES string of the molecule is Cc1[c-]c(-c2ccc(-c3ccccc3)cn2)cc(C)c1.Cc1cc(-c2[c-]cccc2)ncc1-c1ccccc1.Cc1ccc(-c2ccnc(-c3[c-]cccc3)c2)cc1.[Ir].[Ir].[Ir].[Ir].[c-]1ccccc1-c1cc(-c2ccccc2)ccn1.[c-]1ccccc1-c1ccccn1.[c-]1ccccc1-c1ccccn1.[c-]1ccccc1-c1ccccn1. The Labute approximate surface area is 737 Å². The molecule has 0 fully saturated rings. The summed E-state index contributed by atoms with van der Waals surface area (Å²) in [5.41, 5.74) is 28.4. The Bertz CT molecular complexity index is 5360. The van der Waals surface area contributed by atoms with Gasteiger partial charge in [0.15, 0.2) is 0 Å². The second-order valence-electron chi connectivity index (χ2n) is 25.7. The van der Waals surface area contributed by atoms with Crippen molar-refractivity contribution in [3.05, 3.63) is 478 Å². The molecular formula is C105H80Ir4N7-7. The van der Waals surface area contributed by atoms with Crippen molar-refractivity contribution in [3.8, 4) is 123 Å². The summed E-state index contributed by atoms with van der Waals surface area (Å²) in [6, 6.07) is 146. The van der Waals surface area contributed by atoms with Crippen LogP contribution in [0.3, 0.4) is 0 Å². The fourth-order valence-electron chi connectivity index (χ4n) is 11.8. The van der Waals surface area contributed by atoms with E-state index < -0.39 is 0 Å². The van der Waals surface area contributed by atoms with E-state index in [9.17, 15) is 0 Å². The summed E-state index contributed by atoms with van der Waals surface area (Å²) in [6.45, 7) is 8.38.